The lowest BCUT2D eigenvalue weighted by molar-refractivity contribution is 0.0861. The first-order chi connectivity index (χ1) is 8.04. The minimum absolute atomic E-state index is 0.257. The van der Waals surface area contributed by atoms with E-state index in [0.717, 1.165) is 6.04 Å². The van der Waals surface area contributed by atoms with E-state index < -0.39 is 0 Å². The van der Waals surface area contributed by atoms with Crippen molar-refractivity contribution in [3.05, 3.63) is 35.9 Å². The fourth-order valence-electron chi connectivity index (χ4n) is 3.05. The molecule has 1 aliphatic rings. The fraction of sp³-hybridized carbons (Fsp3) is 0.600. The quantitative estimate of drug-likeness (QED) is 0.567. The second-order valence-corrected chi connectivity index (χ2v) is 6.77. The highest BCUT2D eigenvalue weighted by Crippen LogP contribution is 2.41. The van der Waals surface area contributed by atoms with E-state index >= 15 is 0 Å². The first-order valence-corrected chi connectivity index (χ1v) is 7.96. The summed E-state index contributed by atoms with van der Waals surface area (Å²) in [6.45, 7) is 7.02. The summed E-state index contributed by atoms with van der Waals surface area (Å²) in [6.07, 6.45) is 2.63. The molecule has 1 fully saturated rings. The molecule has 0 aromatic heterocycles. The number of halogens is 1. The lowest BCUT2D eigenvalue weighted by atomic mass is 9.99. The van der Waals surface area contributed by atoms with E-state index in [1.807, 2.05) is 0 Å². The first kappa shape index (κ1) is 13.3. The third-order valence-corrected chi connectivity index (χ3v) is 4.66. The zero-order valence-corrected chi connectivity index (χ0v) is 13.1. The zero-order valence-electron chi connectivity index (χ0n) is 11.0. The molecule has 1 aromatic carbocycles. The van der Waals surface area contributed by atoms with Crippen molar-refractivity contribution in [3.63, 3.8) is 0 Å². The van der Waals surface area contributed by atoms with Crippen molar-refractivity contribution in [2.75, 3.05) is 4.43 Å². The summed E-state index contributed by atoms with van der Waals surface area (Å²) in [5.41, 5.74) is 1.74. The van der Waals surface area contributed by atoms with Crippen molar-refractivity contribution in [2.24, 2.45) is 0 Å². The van der Waals surface area contributed by atoms with Gasteiger partial charge in [0, 0.05) is 22.1 Å². The number of likely N-dealkylation sites (tertiary alicyclic amines) is 1. The summed E-state index contributed by atoms with van der Waals surface area (Å²) in [6, 6.07) is 12.3. The van der Waals surface area contributed by atoms with Crippen LogP contribution in [0.4, 0.5) is 0 Å². The third kappa shape index (κ3) is 2.84. The minimum Gasteiger partial charge on any atom is -0.288 e. The van der Waals surface area contributed by atoms with Gasteiger partial charge in [-0.1, -0.05) is 52.9 Å². The number of rotatable bonds is 2. The van der Waals surface area contributed by atoms with Crippen LogP contribution in [-0.4, -0.2) is 20.9 Å². The fourth-order valence-corrected chi connectivity index (χ4v) is 3.92. The SMILES string of the molecule is CC(C)(C)N1[C@@H](CI)CC[C@@H]1c1ccccc1. The monoisotopic (exact) mass is 343 g/mol. The Morgan fingerprint density at radius 1 is 1.18 bits per heavy atom. The third-order valence-electron chi connectivity index (χ3n) is 3.64. The van der Waals surface area contributed by atoms with Crippen LogP contribution in [0.3, 0.4) is 0 Å². The minimum atomic E-state index is 0.257. The molecule has 0 radical (unpaired) electrons. The highest BCUT2D eigenvalue weighted by atomic mass is 127. The van der Waals surface area contributed by atoms with Crippen LogP contribution in [0.2, 0.25) is 0 Å². The van der Waals surface area contributed by atoms with Crippen LogP contribution in [0.15, 0.2) is 30.3 Å². The van der Waals surface area contributed by atoms with E-state index in [2.05, 4.69) is 78.6 Å². The predicted molar refractivity (Wildman–Crippen MR) is 82.7 cm³/mol. The van der Waals surface area contributed by atoms with E-state index in [0.29, 0.717) is 6.04 Å². The van der Waals surface area contributed by atoms with Gasteiger partial charge >= 0.3 is 0 Å². The molecule has 1 nitrogen and oxygen atoms in total. The first-order valence-electron chi connectivity index (χ1n) is 6.43. The van der Waals surface area contributed by atoms with Gasteiger partial charge in [0.1, 0.15) is 0 Å². The van der Waals surface area contributed by atoms with Crippen LogP contribution in [0, 0.1) is 0 Å². The van der Waals surface area contributed by atoms with Gasteiger partial charge in [0.2, 0.25) is 0 Å². The van der Waals surface area contributed by atoms with Crippen LogP contribution in [0.5, 0.6) is 0 Å². The molecule has 0 spiro atoms. The smallest absolute Gasteiger partial charge is 0.0357 e. The van der Waals surface area contributed by atoms with Gasteiger partial charge in [-0.15, -0.1) is 0 Å². The van der Waals surface area contributed by atoms with E-state index in [1.54, 1.807) is 0 Å². The molecule has 0 N–H and O–H groups in total. The molecular formula is C15H22IN. The maximum Gasteiger partial charge on any atom is 0.0357 e. The largest absolute Gasteiger partial charge is 0.288 e. The molecule has 1 aliphatic heterocycles. The number of benzene rings is 1. The zero-order chi connectivity index (χ0) is 12.5. The molecule has 0 amide bonds. The second-order valence-electron chi connectivity index (χ2n) is 5.89. The molecule has 0 saturated carbocycles. The Morgan fingerprint density at radius 2 is 1.82 bits per heavy atom. The van der Waals surface area contributed by atoms with Crippen molar-refractivity contribution in [3.8, 4) is 0 Å². The van der Waals surface area contributed by atoms with E-state index in [9.17, 15) is 0 Å². The molecule has 2 atom stereocenters. The summed E-state index contributed by atoms with van der Waals surface area (Å²) in [5.74, 6) is 0. The molecule has 1 heterocycles. The lowest BCUT2D eigenvalue weighted by Gasteiger charge is -2.41. The summed E-state index contributed by atoms with van der Waals surface area (Å²) < 4.78 is 1.23. The molecule has 94 valence electrons. The van der Waals surface area contributed by atoms with Gasteiger partial charge in [0.25, 0.3) is 0 Å². The Balaban J connectivity index is 2.29. The normalized spacial score (nSPS) is 26.4. The molecule has 0 bridgehead atoms. The van der Waals surface area contributed by atoms with E-state index in [-0.39, 0.29) is 5.54 Å². The highest BCUT2D eigenvalue weighted by Gasteiger charge is 2.39. The van der Waals surface area contributed by atoms with Gasteiger partial charge in [-0.3, -0.25) is 4.90 Å². The topological polar surface area (TPSA) is 3.24 Å². The van der Waals surface area contributed by atoms with E-state index in [1.165, 1.54) is 22.8 Å². The molecular weight excluding hydrogens is 321 g/mol. The van der Waals surface area contributed by atoms with Gasteiger partial charge in [-0.2, -0.15) is 0 Å². The second kappa shape index (κ2) is 5.27. The Kier molecular flexibility index (Phi) is 4.14. The molecule has 0 unspecified atom stereocenters. The summed E-state index contributed by atoms with van der Waals surface area (Å²) in [4.78, 5) is 2.72. The Bertz CT molecular complexity index is 355. The summed E-state index contributed by atoms with van der Waals surface area (Å²) in [5, 5.41) is 0. The molecule has 1 aromatic rings. The standard InChI is InChI=1S/C15H22IN/c1-15(2,3)17-13(11-16)9-10-14(17)12-7-5-4-6-8-12/h4-8,13-14H,9-11H2,1-3H3/t13-,14-/m1/s1. The van der Waals surface area contributed by atoms with Crippen LogP contribution >= 0.6 is 22.6 Å². The van der Waals surface area contributed by atoms with Crippen molar-refractivity contribution in [1.29, 1.82) is 0 Å². The summed E-state index contributed by atoms with van der Waals surface area (Å²) >= 11 is 2.53. The van der Waals surface area contributed by atoms with Crippen LogP contribution in [-0.2, 0) is 0 Å². The predicted octanol–water partition coefficient (Wildman–Crippen LogP) is 4.43. The van der Waals surface area contributed by atoms with Crippen LogP contribution in [0.25, 0.3) is 0 Å². The van der Waals surface area contributed by atoms with Crippen LogP contribution in [0.1, 0.15) is 45.2 Å². The molecule has 17 heavy (non-hydrogen) atoms. The highest BCUT2D eigenvalue weighted by molar-refractivity contribution is 14.1. The van der Waals surface area contributed by atoms with Gasteiger partial charge in [-0.05, 0) is 39.2 Å². The maximum atomic E-state index is 2.72. The van der Waals surface area contributed by atoms with Gasteiger partial charge in [0.05, 0.1) is 0 Å². The summed E-state index contributed by atoms with van der Waals surface area (Å²) in [7, 11) is 0. The van der Waals surface area contributed by atoms with Crippen molar-refractivity contribution in [2.45, 2.75) is 51.2 Å². The maximum absolute atomic E-state index is 2.72. The van der Waals surface area contributed by atoms with Gasteiger partial charge < -0.3 is 0 Å². The Morgan fingerprint density at radius 3 is 2.35 bits per heavy atom. The van der Waals surface area contributed by atoms with E-state index in [4.69, 9.17) is 0 Å². The van der Waals surface area contributed by atoms with Crippen LogP contribution < -0.4 is 0 Å². The molecule has 2 rings (SSSR count). The number of hydrogen-bond donors (Lipinski definition) is 0. The number of hydrogen-bond acceptors (Lipinski definition) is 1. The van der Waals surface area contributed by atoms with Crippen molar-refractivity contribution >= 4 is 22.6 Å². The number of alkyl halides is 1. The molecule has 1 saturated heterocycles. The molecule has 0 aliphatic carbocycles. The molecule has 2 heteroatoms. The average molecular weight is 343 g/mol. The Labute approximate surface area is 119 Å². The van der Waals surface area contributed by atoms with Crippen molar-refractivity contribution < 1.29 is 0 Å². The van der Waals surface area contributed by atoms with Gasteiger partial charge in [0.15, 0.2) is 0 Å². The lowest BCUT2D eigenvalue weighted by Crippen LogP contribution is -2.46. The van der Waals surface area contributed by atoms with Gasteiger partial charge in [-0.25, -0.2) is 0 Å². The number of nitrogens with zero attached hydrogens (tertiary/aromatic N) is 1. The Hall–Kier alpha value is -0.0900. The average Bonchev–Trinajstić information content (AvgIpc) is 2.73. The van der Waals surface area contributed by atoms with Crippen molar-refractivity contribution in [1.82, 2.24) is 4.90 Å².